The molecule has 0 saturated heterocycles. The second kappa shape index (κ2) is 4.82. The minimum atomic E-state index is -0.802. The van der Waals surface area contributed by atoms with Crippen molar-refractivity contribution in [2.24, 2.45) is 0 Å². The standard InChI is InChI=1S/C13H9N3O5/c1-7-10(15-21-14-7)6-11(17)20-16-12(18)8-4-2-3-5-9(8)13(16)19/h2-5H,6H2,1H3. The summed E-state index contributed by atoms with van der Waals surface area (Å²) in [6.45, 7) is 1.61. The average Bonchev–Trinajstić information content (AvgIpc) is 2.97. The van der Waals surface area contributed by atoms with Crippen LogP contribution in [-0.2, 0) is 16.1 Å². The molecule has 21 heavy (non-hydrogen) atoms. The van der Waals surface area contributed by atoms with Gasteiger partial charge in [-0.05, 0) is 19.1 Å². The van der Waals surface area contributed by atoms with Crippen molar-refractivity contribution < 1.29 is 23.9 Å². The Morgan fingerprint density at radius 3 is 2.33 bits per heavy atom. The van der Waals surface area contributed by atoms with Gasteiger partial charge >= 0.3 is 5.97 Å². The Morgan fingerprint density at radius 2 is 1.81 bits per heavy atom. The molecule has 3 rings (SSSR count). The SMILES string of the molecule is Cc1nonc1CC(=O)ON1C(=O)c2ccccc2C1=O. The fourth-order valence-electron chi connectivity index (χ4n) is 1.93. The van der Waals surface area contributed by atoms with Gasteiger partial charge in [-0.25, -0.2) is 9.42 Å². The highest BCUT2D eigenvalue weighted by Crippen LogP contribution is 2.22. The number of hydroxylamine groups is 2. The number of carbonyl (C=O) groups excluding carboxylic acids is 3. The van der Waals surface area contributed by atoms with Gasteiger partial charge in [0.25, 0.3) is 11.8 Å². The van der Waals surface area contributed by atoms with Gasteiger partial charge in [0.1, 0.15) is 11.4 Å². The van der Waals surface area contributed by atoms with Gasteiger partial charge in [-0.1, -0.05) is 27.5 Å². The topological polar surface area (TPSA) is 103 Å². The number of rotatable bonds is 3. The molecule has 2 amide bonds. The predicted octanol–water partition coefficient (Wildman–Crippen LogP) is 0.675. The molecule has 0 radical (unpaired) electrons. The highest BCUT2D eigenvalue weighted by Gasteiger charge is 2.38. The van der Waals surface area contributed by atoms with E-state index in [0.29, 0.717) is 10.8 Å². The fourth-order valence-corrected chi connectivity index (χ4v) is 1.93. The number of nitrogens with zero attached hydrogens (tertiary/aromatic N) is 3. The summed E-state index contributed by atoms with van der Waals surface area (Å²) in [6.07, 6.45) is -0.247. The summed E-state index contributed by atoms with van der Waals surface area (Å²) in [4.78, 5) is 40.6. The number of fused-ring (bicyclic) bond motifs is 1. The van der Waals surface area contributed by atoms with E-state index < -0.39 is 17.8 Å². The maximum absolute atomic E-state index is 12.0. The maximum Gasteiger partial charge on any atom is 0.339 e. The zero-order valence-electron chi connectivity index (χ0n) is 10.9. The van der Waals surface area contributed by atoms with E-state index in [2.05, 4.69) is 14.9 Å². The molecule has 2 heterocycles. The largest absolute Gasteiger partial charge is 0.339 e. The molecular weight excluding hydrogens is 278 g/mol. The van der Waals surface area contributed by atoms with Crippen LogP contribution in [0.3, 0.4) is 0 Å². The Balaban J connectivity index is 1.75. The van der Waals surface area contributed by atoms with Crippen LogP contribution in [0, 0.1) is 6.92 Å². The van der Waals surface area contributed by atoms with Gasteiger partial charge < -0.3 is 4.84 Å². The van der Waals surface area contributed by atoms with E-state index in [9.17, 15) is 14.4 Å². The van der Waals surface area contributed by atoms with Crippen molar-refractivity contribution in [3.8, 4) is 0 Å². The lowest BCUT2D eigenvalue weighted by Crippen LogP contribution is -2.33. The van der Waals surface area contributed by atoms with Crippen LogP contribution in [0.2, 0.25) is 0 Å². The molecule has 0 bridgehead atoms. The maximum atomic E-state index is 12.0. The van der Waals surface area contributed by atoms with Gasteiger partial charge in [-0.15, -0.1) is 0 Å². The van der Waals surface area contributed by atoms with Crippen molar-refractivity contribution in [2.75, 3.05) is 0 Å². The first-order valence-electron chi connectivity index (χ1n) is 6.04. The summed E-state index contributed by atoms with van der Waals surface area (Å²) in [6, 6.07) is 6.24. The third-order valence-electron chi connectivity index (χ3n) is 3.01. The molecular formula is C13H9N3O5. The minimum absolute atomic E-state index is 0.203. The first kappa shape index (κ1) is 13.0. The summed E-state index contributed by atoms with van der Waals surface area (Å²) in [5.74, 6) is -2.14. The predicted molar refractivity (Wildman–Crippen MR) is 65.8 cm³/mol. The highest BCUT2D eigenvalue weighted by atomic mass is 16.7. The molecule has 1 aromatic heterocycles. The Morgan fingerprint density at radius 1 is 1.19 bits per heavy atom. The number of benzene rings is 1. The highest BCUT2D eigenvalue weighted by molar-refractivity contribution is 6.20. The van der Waals surface area contributed by atoms with Gasteiger partial charge in [0.05, 0.1) is 17.5 Å². The lowest BCUT2D eigenvalue weighted by Gasteiger charge is -2.11. The molecule has 8 nitrogen and oxygen atoms in total. The summed E-state index contributed by atoms with van der Waals surface area (Å²) in [5, 5.41) is 7.51. The van der Waals surface area contributed by atoms with Crippen molar-refractivity contribution in [1.29, 1.82) is 0 Å². The molecule has 106 valence electrons. The molecule has 0 saturated carbocycles. The fraction of sp³-hybridized carbons (Fsp3) is 0.154. The Kier molecular flexibility index (Phi) is 2.98. The summed E-state index contributed by atoms with van der Waals surface area (Å²) in [5.41, 5.74) is 1.13. The van der Waals surface area contributed by atoms with Crippen LogP contribution < -0.4 is 0 Å². The van der Waals surface area contributed by atoms with Gasteiger partial charge in [0.15, 0.2) is 0 Å². The van der Waals surface area contributed by atoms with Crippen molar-refractivity contribution in [3.63, 3.8) is 0 Å². The van der Waals surface area contributed by atoms with Crippen LogP contribution in [0.25, 0.3) is 0 Å². The van der Waals surface area contributed by atoms with Gasteiger partial charge in [0.2, 0.25) is 0 Å². The van der Waals surface area contributed by atoms with E-state index in [1.165, 1.54) is 12.1 Å². The molecule has 0 unspecified atom stereocenters. The van der Waals surface area contributed by atoms with E-state index in [1.807, 2.05) is 0 Å². The summed E-state index contributed by atoms with van der Waals surface area (Å²) < 4.78 is 4.45. The van der Waals surface area contributed by atoms with Gasteiger partial charge in [0, 0.05) is 0 Å². The molecule has 2 aromatic rings. The van der Waals surface area contributed by atoms with Gasteiger partial charge in [-0.2, -0.15) is 0 Å². The number of hydrogen-bond donors (Lipinski definition) is 0. The monoisotopic (exact) mass is 287 g/mol. The molecule has 1 aliphatic heterocycles. The first-order valence-corrected chi connectivity index (χ1v) is 6.04. The first-order chi connectivity index (χ1) is 10.1. The number of aryl methyl sites for hydroxylation is 1. The summed E-state index contributed by atoms with van der Waals surface area (Å²) >= 11 is 0. The molecule has 0 aliphatic carbocycles. The normalized spacial score (nSPS) is 13.5. The van der Waals surface area contributed by atoms with Crippen LogP contribution in [0.1, 0.15) is 32.1 Å². The lowest BCUT2D eigenvalue weighted by atomic mass is 10.1. The Labute approximate surface area is 118 Å². The number of hydrogen-bond acceptors (Lipinski definition) is 7. The van der Waals surface area contributed by atoms with Crippen molar-refractivity contribution in [2.45, 2.75) is 13.3 Å². The van der Waals surface area contributed by atoms with Crippen LogP contribution >= 0.6 is 0 Å². The third-order valence-corrected chi connectivity index (χ3v) is 3.01. The molecule has 0 N–H and O–H groups in total. The van der Waals surface area contributed by atoms with Crippen LogP contribution in [0.4, 0.5) is 0 Å². The molecule has 8 heteroatoms. The second-order valence-electron chi connectivity index (χ2n) is 4.39. The average molecular weight is 287 g/mol. The molecule has 1 aromatic carbocycles. The number of carbonyl (C=O) groups is 3. The summed E-state index contributed by atoms with van der Waals surface area (Å²) in [7, 11) is 0. The zero-order valence-corrected chi connectivity index (χ0v) is 10.9. The zero-order chi connectivity index (χ0) is 15.0. The van der Waals surface area contributed by atoms with Crippen molar-refractivity contribution in [3.05, 3.63) is 46.8 Å². The van der Waals surface area contributed by atoms with E-state index in [4.69, 9.17) is 4.84 Å². The molecule has 1 aliphatic rings. The molecule has 0 atom stereocenters. The number of aromatic nitrogens is 2. The van der Waals surface area contributed by atoms with E-state index in [0.717, 1.165) is 0 Å². The second-order valence-corrected chi connectivity index (χ2v) is 4.39. The third kappa shape index (κ3) is 2.16. The smallest absolute Gasteiger partial charge is 0.329 e. The van der Waals surface area contributed by atoms with Crippen molar-refractivity contribution >= 4 is 17.8 Å². The van der Waals surface area contributed by atoms with Crippen molar-refractivity contribution in [1.82, 2.24) is 15.4 Å². The molecule has 0 fully saturated rings. The van der Waals surface area contributed by atoms with E-state index in [1.54, 1.807) is 19.1 Å². The number of imide groups is 1. The van der Waals surface area contributed by atoms with E-state index >= 15 is 0 Å². The number of amides is 2. The van der Waals surface area contributed by atoms with Crippen LogP contribution in [0.15, 0.2) is 28.9 Å². The lowest BCUT2D eigenvalue weighted by molar-refractivity contribution is -0.167. The quantitative estimate of drug-likeness (QED) is 0.764. The van der Waals surface area contributed by atoms with Crippen LogP contribution in [-0.4, -0.2) is 33.2 Å². The van der Waals surface area contributed by atoms with Crippen LogP contribution in [0.5, 0.6) is 0 Å². The van der Waals surface area contributed by atoms with Gasteiger partial charge in [-0.3, -0.25) is 9.59 Å². The Bertz CT molecular complexity index is 717. The minimum Gasteiger partial charge on any atom is -0.329 e. The van der Waals surface area contributed by atoms with E-state index in [-0.39, 0.29) is 23.2 Å². The Hall–Kier alpha value is -3.03. The molecule has 0 spiro atoms.